The van der Waals surface area contributed by atoms with Gasteiger partial charge in [0.25, 0.3) is 0 Å². The molecule has 0 bridgehead atoms. The standard InChI is InChI=1S/C12H24N2O3/c13-11(16)12(17)14-9-7-5-3-1-2-4-6-8-10-15/h15H,1-10H2,(H2,13,16)(H,14,17). The minimum Gasteiger partial charge on any atom is -0.396 e. The van der Waals surface area contributed by atoms with Crippen LogP contribution in [-0.4, -0.2) is 30.1 Å². The summed E-state index contributed by atoms with van der Waals surface area (Å²) in [5.74, 6) is -1.62. The first kappa shape index (κ1) is 15.9. The van der Waals surface area contributed by atoms with Crippen molar-refractivity contribution in [1.82, 2.24) is 5.32 Å². The summed E-state index contributed by atoms with van der Waals surface area (Å²) >= 11 is 0. The van der Waals surface area contributed by atoms with Gasteiger partial charge in [-0.3, -0.25) is 9.59 Å². The Bertz CT molecular complexity index is 220. The van der Waals surface area contributed by atoms with E-state index in [1.54, 1.807) is 0 Å². The molecule has 0 saturated carbocycles. The zero-order valence-corrected chi connectivity index (χ0v) is 10.4. The van der Waals surface area contributed by atoms with Crippen molar-refractivity contribution in [2.45, 2.75) is 51.4 Å². The highest BCUT2D eigenvalue weighted by molar-refractivity contribution is 6.34. The number of rotatable bonds is 10. The molecule has 0 fully saturated rings. The van der Waals surface area contributed by atoms with Crippen LogP contribution in [0.1, 0.15) is 51.4 Å². The van der Waals surface area contributed by atoms with Crippen molar-refractivity contribution in [3.05, 3.63) is 0 Å². The summed E-state index contributed by atoms with van der Waals surface area (Å²) in [7, 11) is 0. The quantitative estimate of drug-likeness (QED) is 0.390. The van der Waals surface area contributed by atoms with Crippen LogP contribution in [0.3, 0.4) is 0 Å². The molecule has 0 unspecified atom stereocenters. The lowest BCUT2D eigenvalue weighted by atomic mass is 10.1. The van der Waals surface area contributed by atoms with Gasteiger partial charge in [0, 0.05) is 13.2 Å². The van der Waals surface area contributed by atoms with Crippen molar-refractivity contribution in [2.75, 3.05) is 13.2 Å². The largest absolute Gasteiger partial charge is 0.396 e. The maximum atomic E-state index is 10.8. The lowest BCUT2D eigenvalue weighted by molar-refractivity contribution is -0.137. The van der Waals surface area contributed by atoms with Gasteiger partial charge in [0.1, 0.15) is 0 Å². The Labute approximate surface area is 103 Å². The first-order valence-corrected chi connectivity index (χ1v) is 6.37. The Balaban J connectivity index is 3.08. The molecule has 0 spiro atoms. The third-order valence-corrected chi connectivity index (χ3v) is 2.59. The summed E-state index contributed by atoms with van der Waals surface area (Å²) in [4.78, 5) is 21.2. The van der Waals surface area contributed by atoms with Gasteiger partial charge in [-0.15, -0.1) is 0 Å². The topological polar surface area (TPSA) is 92.4 Å². The molecule has 4 N–H and O–H groups in total. The highest BCUT2D eigenvalue weighted by atomic mass is 16.3. The molecule has 0 aromatic carbocycles. The number of aliphatic hydroxyl groups is 1. The molecule has 0 saturated heterocycles. The number of nitrogens with one attached hydrogen (secondary N) is 1. The monoisotopic (exact) mass is 244 g/mol. The van der Waals surface area contributed by atoms with Crippen molar-refractivity contribution in [1.29, 1.82) is 0 Å². The summed E-state index contributed by atoms with van der Waals surface area (Å²) in [5, 5.41) is 11.0. The minimum absolute atomic E-state index is 0.291. The number of unbranched alkanes of at least 4 members (excludes halogenated alkanes) is 7. The molecule has 0 radical (unpaired) electrons. The van der Waals surface area contributed by atoms with Crippen LogP contribution in [0.25, 0.3) is 0 Å². The molecule has 0 aromatic heterocycles. The van der Waals surface area contributed by atoms with Crippen molar-refractivity contribution in [3.63, 3.8) is 0 Å². The predicted molar refractivity (Wildman–Crippen MR) is 66.2 cm³/mol. The molecule has 0 rings (SSSR count). The van der Waals surface area contributed by atoms with E-state index in [2.05, 4.69) is 5.32 Å². The predicted octanol–water partition coefficient (Wildman–Crippen LogP) is 0.701. The van der Waals surface area contributed by atoms with E-state index in [0.717, 1.165) is 32.1 Å². The molecule has 0 aliphatic carbocycles. The van der Waals surface area contributed by atoms with Crippen LogP contribution in [0.5, 0.6) is 0 Å². The molecule has 0 aliphatic rings. The first-order valence-electron chi connectivity index (χ1n) is 6.37. The summed E-state index contributed by atoms with van der Waals surface area (Å²) in [6.07, 6.45) is 8.66. The van der Waals surface area contributed by atoms with Crippen molar-refractivity contribution in [3.8, 4) is 0 Å². The molecular weight excluding hydrogens is 220 g/mol. The molecule has 5 heteroatoms. The lowest BCUT2D eigenvalue weighted by Gasteiger charge is -2.03. The molecule has 0 heterocycles. The Kier molecular flexibility index (Phi) is 10.7. The third kappa shape index (κ3) is 11.2. The van der Waals surface area contributed by atoms with Gasteiger partial charge < -0.3 is 16.2 Å². The number of nitrogens with two attached hydrogens (primary N) is 1. The van der Waals surface area contributed by atoms with E-state index in [9.17, 15) is 9.59 Å². The van der Waals surface area contributed by atoms with Gasteiger partial charge in [0.2, 0.25) is 0 Å². The van der Waals surface area contributed by atoms with Gasteiger partial charge in [0.15, 0.2) is 0 Å². The number of carbonyl (C=O) groups excluding carboxylic acids is 2. The second kappa shape index (κ2) is 11.4. The second-order valence-corrected chi connectivity index (χ2v) is 4.17. The number of amides is 2. The number of carbonyl (C=O) groups is 2. The molecule has 100 valence electrons. The molecule has 17 heavy (non-hydrogen) atoms. The number of aliphatic hydroxyl groups excluding tert-OH is 1. The number of primary amides is 1. The normalized spacial score (nSPS) is 10.2. The molecular formula is C12H24N2O3. The Morgan fingerprint density at radius 1 is 0.882 bits per heavy atom. The van der Waals surface area contributed by atoms with Gasteiger partial charge >= 0.3 is 11.8 Å². The van der Waals surface area contributed by atoms with Crippen molar-refractivity contribution >= 4 is 11.8 Å². The molecule has 0 atom stereocenters. The van der Waals surface area contributed by atoms with E-state index >= 15 is 0 Å². The highest BCUT2D eigenvalue weighted by Crippen LogP contribution is 2.07. The fraction of sp³-hybridized carbons (Fsp3) is 0.833. The Morgan fingerprint density at radius 2 is 1.35 bits per heavy atom. The smallest absolute Gasteiger partial charge is 0.309 e. The Morgan fingerprint density at radius 3 is 1.82 bits per heavy atom. The third-order valence-electron chi connectivity index (χ3n) is 2.59. The van der Waals surface area contributed by atoms with Crippen LogP contribution < -0.4 is 11.1 Å². The molecule has 5 nitrogen and oxygen atoms in total. The maximum Gasteiger partial charge on any atom is 0.309 e. The van der Waals surface area contributed by atoms with Crippen LogP contribution in [0.15, 0.2) is 0 Å². The Hall–Kier alpha value is -1.10. The lowest BCUT2D eigenvalue weighted by Crippen LogP contribution is -2.36. The summed E-state index contributed by atoms with van der Waals surface area (Å²) in [5.41, 5.74) is 4.79. The van der Waals surface area contributed by atoms with Gasteiger partial charge in [-0.05, 0) is 12.8 Å². The van der Waals surface area contributed by atoms with Crippen LogP contribution in [0, 0.1) is 0 Å². The van der Waals surface area contributed by atoms with Gasteiger partial charge in [-0.25, -0.2) is 0 Å². The number of hydrogen-bond acceptors (Lipinski definition) is 3. The zero-order valence-electron chi connectivity index (χ0n) is 10.4. The second-order valence-electron chi connectivity index (χ2n) is 4.17. The van der Waals surface area contributed by atoms with Crippen LogP contribution in [0.2, 0.25) is 0 Å². The number of hydrogen-bond donors (Lipinski definition) is 3. The highest BCUT2D eigenvalue weighted by Gasteiger charge is 2.05. The summed E-state index contributed by atoms with van der Waals surface area (Å²) in [6.45, 7) is 0.811. The fourth-order valence-electron chi connectivity index (χ4n) is 1.59. The minimum atomic E-state index is -0.922. The summed E-state index contributed by atoms with van der Waals surface area (Å²) < 4.78 is 0. The molecule has 2 amide bonds. The molecule has 0 aliphatic heterocycles. The van der Waals surface area contributed by atoms with Crippen LogP contribution in [0.4, 0.5) is 0 Å². The summed E-state index contributed by atoms with van der Waals surface area (Å²) in [6, 6.07) is 0. The van der Waals surface area contributed by atoms with Gasteiger partial charge in [0.05, 0.1) is 0 Å². The van der Waals surface area contributed by atoms with Crippen molar-refractivity contribution in [2.24, 2.45) is 5.73 Å². The average molecular weight is 244 g/mol. The van der Waals surface area contributed by atoms with Crippen LogP contribution >= 0.6 is 0 Å². The van der Waals surface area contributed by atoms with Crippen molar-refractivity contribution < 1.29 is 14.7 Å². The van der Waals surface area contributed by atoms with E-state index in [4.69, 9.17) is 10.8 Å². The van der Waals surface area contributed by atoms with E-state index in [0.29, 0.717) is 13.2 Å². The molecule has 0 aromatic rings. The maximum absolute atomic E-state index is 10.8. The van der Waals surface area contributed by atoms with Gasteiger partial charge in [-0.1, -0.05) is 38.5 Å². The SMILES string of the molecule is NC(=O)C(=O)NCCCCCCCCCCO. The zero-order chi connectivity index (χ0) is 12.9. The first-order chi connectivity index (χ1) is 8.18. The van der Waals surface area contributed by atoms with E-state index in [1.807, 2.05) is 0 Å². The van der Waals surface area contributed by atoms with E-state index in [-0.39, 0.29) is 0 Å². The average Bonchev–Trinajstić information content (AvgIpc) is 2.31. The van der Waals surface area contributed by atoms with E-state index in [1.165, 1.54) is 19.3 Å². The van der Waals surface area contributed by atoms with E-state index < -0.39 is 11.8 Å². The fourth-order valence-corrected chi connectivity index (χ4v) is 1.59. The van der Waals surface area contributed by atoms with Gasteiger partial charge in [-0.2, -0.15) is 0 Å². The van der Waals surface area contributed by atoms with Crippen LogP contribution in [-0.2, 0) is 9.59 Å².